The van der Waals surface area contributed by atoms with Crippen molar-refractivity contribution in [2.45, 2.75) is 69.2 Å². The molecule has 9 nitrogen and oxygen atoms in total. The first-order chi connectivity index (χ1) is 25.3. The van der Waals surface area contributed by atoms with Gasteiger partial charge in [-0.05, 0) is 71.2 Å². The van der Waals surface area contributed by atoms with Gasteiger partial charge >= 0.3 is 5.97 Å². The number of methoxy groups -OCH3 is 1. The topological polar surface area (TPSA) is 101 Å². The van der Waals surface area contributed by atoms with Crippen LogP contribution in [-0.4, -0.2) is 69.7 Å². The van der Waals surface area contributed by atoms with Crippen molar-refractivity contribution < 1.29 is 36.9 Å². The molecule has 0 aromatic heterocycles. The maximum absolute atomic E-state index is 13.8. The molecule has 1 unspecified atom stereocenters. The van der Waals surface area contributed by atoms with Crippen LogP contribution >= 0.6 is 0 Å². The highest BCUT2D eigenvalue weighted by molar-refractivity contribution is 7.91. The van der Waals surface area contributed by atoms with Crippen molar-refractivity contribution in [2.75, 3.05) is 40.0 Å². The fourth-order valence-corrected chi connectivity index (χ4v) is 9.33. The first kappa shape index (κ1) is 37.7. The van der Waals surface area contributed by atoms with E-state index in [9.17, 15) is 13.2 Å². The largest absolute Gasteiger partial charge is 0.468 e. The fourth-order valence-electron chi connectivity index (χ4n) is 7.17. The lowest BCUT2D eigenvalue weighted by atomic mass is 9.87. The lowest BCUT2D eigenvalue weighted by Gasteiger charge is -2.40. The maximum Gasteiger partial charge on any atom is 0.328 e. The van der Waals surface area contributed by atoms with Gasteiger partial charge in [-0.3, -0.25) is 4.79 Å². The molecular weight excluding hydrogens is 679 g/mol. The standard InChI is InChI=1S/C42H49NO8S/c1-32-28-36(35-18-23-43(24-19-35)52(45,46)42(41(44)47-2)21-26-48-27-22-42)16-17-39(32)37-14-9-15-38(29-37)51-40(50-31-34-12-7-4-8-13-34)20-25-49-30-33-10-5-3-6-11-33/h3-17,28-29,35,40H,18-27,30-31H2,1-2H3. The fraction of sp³-hybridized carbons (Fsp3) is 0.405. The molecule has 2 heterocycles. The number of sulfonamides is 1. The highest BCUT2D eigenvalue weighted by Crippen LogP contribution is 2.38. The molecule has 1 atom stereocenters. The van der Waals surface area contributed by atoms with Crippen molar-refractivity contribution >= 4 is 16.0 Å². The van der Waals surface area contributed by atoms with Crippen molar-refractivity contribution in [1.29, 1.82) is 0 Å². The molecule has 4 aromatic carbocycles. The molecule has 276 valence electrons. The first-order valence-corrected chi connectivity index (χ1v) is 19.5. The van der Waals surface area contributed by atoms with E-state index in [0.717, 1.165) is 27.8 Å². The van der Waals surface area contributed by atoms with Crippen molar-refractivity contribution in [1.82, 2.24) is 4.31 Å². The number of piperidine rings is 1. The molecule has 0 N–H and O–H groups in total. The number of benzene rings is 4. The molecule has 10 heteroatoms. The summed E-state index contributed by atoms with van der Waals surface area (Å²) in [4.78, 5) is 12.8. The van der Waals surface area contributed by atoms with Crippen LogP contribution in [0.3, 0.4) is 0 Å². The van der Waals surface area contributed by atoms with E-state index < -0.39 is 27.0 Å². The Hall–Kier alpha value is -4.06. The van der Waals surface area contributed by atoms with Gasteiger partial charge in [-0.2, -0.15) is 0 Å². The number of carbonyl (C=O) groups is 1. The Morgan fingerprint density at radius 2 is 1.54 bits per heavy atom. The highest BCUT2D eigenvalue weighted by atomic mass is 32.2. The van der Waals surface area contributed by atoms with Gasteiger partial charge in [0.1, 0.15) is 5.75 Å². The zero-order chi connectivity index (χ0) is 36.4. The van der Waals surface area contributed by atoms with Gasteiger partial charge in [-0.15, -0.1) is 0 Å². The lowest BCUT2D eigenvalue weighted by molar-refractivity contribution is -0.146. The Bertz CT molecular complexity index is 1850. The van der Waals surface area contributed by atoms with Crippen LogP contribution in [0.25, 0.3) is 11.1 Å². The molecule has 4 aromatic rings. The Morgan fingerprint density at radius 1 is 0.865 bits per heavy atom. The first-order valence-electron chi connectivity index (χ1n) is 18.1. The predicted octanol–water partition coefficient (Wildman–Crippen LogP) is 7.42. The number of hydrogen-bond acceptors (Lipinski definition) is 8. The van der Waals surface area contributed by atoms with Crippen molar-refractivity contribution in [3.05, 3.63) is 125 Å². The van der Waals surface area contributed by atoms with Crippen LogP contribution in [0.15, 0.2) is 103 Å². The van der Waals surface area contributed by atoms with Crippen LogP contribution in [0.2, 0.25) is 0 Å². The number of hydrogen-bond donors (Lipinski definition) is 0. The molecule has 52 heavy (non-hydrogen) atoms. The second kappa shape index (κ2) is 17.6. The summed E-state index contributed by atoms with van der Waals surface area (Å²) in [6.45, 7) is 4.71. The van der Waals surface area contributed by atoms with Crippen LogP contribution in [0.4, 0.5) is 0 Å². The van der Waals surface area contributed by atoms with Crippen molar-refractivity contribution in [2.24, 2.45) is 0 Å². The zero-order valence-electron chi connectivity index (χ0n) is 30.1. The van der Waals surface area contributed by atoms with Gasteiger partial charge in [-0.1, -0.05) is 91.0 Å². The smallest absolute Gasteiger partial charge is 0.328 e. The van der Waals surface area contributed by atoms with Crippen molar-refractivity contribution in [3.8, 4) is 16.9 Å². The summed E-state index contributed by atoms with van der Waals surface area (Å²) >= 11 is 0. The van der Waals surface area contributed by atoms with E-state index >= 15 is 0 Å². The number of esters is 1. The summed E-state index contributed by atoms with van der Waals surface area (Å²) in [7, 11) is -2.66. The molecule has 0 bridgehead atoms. The normalized spacial score (nSPS) is 17.3. The average molecular weight is 728 g/mol. The Kier molecular flexibility index (Phi) is 12.8. The Labute approximate surface area is 307 Å². The zero-order valence-corrected chi connectivity index (χ0v) is 30.9. The van der Waals surface area contributed by atoms with Crippen LogP contribution < -0.4 is 4.74 Å². The summed E-state index contributed by atoms with van der Waals surface area (Å²) in [5, 5.41) is 0. The lowest BCUT2D eigenvalue weighted by Crippen LogP contribution is -2.57. The minimum absolute atomic E-state index is 0.110. The monoisotopic (exact) mass is 727 g/mol. The molecule has 2 saturated heterocycles. The number of aryl methyl sites for hydroxylation is 1. The molecule has 0 saturated carbocycles. The minimum Gasteiger partial charge on any atom is -0.468 e. The summed E-state index contributed by atoms with van der Waals surface area (Å²) in [6.07, 6.45) is 1.63. The SMILES string of the molecule is COC(=O)C1(S(=O)(=O)N2CCC(c3ccc(-c4cccc(OC(CCOCc5ccccc5)OCc5ccccc5)c4)c(C)c3)CC2)CCOCC1. The van der Waals surface area contributed by atoms with Crippen LogP contribution in [0.5, 0.6) is 5.75 Å². The Balaban J connectivity index is 1.09. The summed E-state index contributed by atoms with van der Waals surface area (Å²) in [5.41, 5.74) is 6.64. The van der Waals surface area contributed by atoms with Gasteiger partial charge in [-0.25, -0.2) is 12.7 Å². The molecule has 0 aliphatic carbocycles. The predicted molar refractivity (Wildman–Crippen MR) is 200 cm³/mol. The number of nitrogens with zero attached hydrogens (tertiary/aromatic N) is 1. The van der Waals surface area contributed by atoms with E-state index in [2.05, 4.69) is 31.2 Å². The van der Waals surface area contributed by atoms with Gasteiger partial charge in [0.15, 0.2) is 4.75 Å². The van der Waals surface area contributed by atoms with Gasteiger partial charge in [0.2, 0.25) is 16.3 Å². The van der Waals surface area contributed by atoms with E-state index in [1.807, 2.05) is 78.9 Å². The van der Waals surface area contributed by atoms with E-state index in [1.165, 1.54) is 17.0 Å². The average Bonchev–Trinajstić information content (AvgIpc) is 3.19. The van der Waals surface area contributed by atoms with E-state index in [1.54, 1.807) is 0 Å². The molecule has 6 rings (SSSR count). The van der Waals surface area contributed by atoms with Gasteiger partial charge in [0, 0.05) is 45.6 Å². The molecule has 0 radical (unpaired) electrons. The van der Waals surface area contributed by atoms with E-state index in [4.69, 9.17) is 23.7 Å². The van der Waals surface area contributed by atoms with Gasteiger partial charge in [0.05, 0.1) is 26.9 Å². The second-order valence-corrected chi connectivity index (χ2v) is 15.8. The molecule has 2 aliphatic rings. The molecule has 0 amide bonds. The summed E-state index contributed by atoms with van der Waals surface area (Å²) in [5.74, 6) is 0.232. The third-order valence-corrected chi connectivity index (χ3v) is 12.8. The molecule has 2 fully saturated rings. The van der Waals surface area contributed by atoms with E-state index in [0.29, 0.717) is 57.9 Å². The molecule has 2 aliphatic heterocycles. The third kappa shape index (κ3) is 8.93. The van der Waals surface area contributed by atoms with Crippen molar-refractivity contribution in [3.63, 3.8) is 0 Å². The van der Waals surface area contributed by atoms with Gasteiger partial charge < -0.3 is 23.7 Å². The highest BCUT2D eigenvalue weighted by Gasteiger charge is 2.55. The number of carbonyl (C=O) groups excluding carboxylic acids is 1. The number of rotatable bonds is 15. The van der Waals surface area contributed by atoms with E-state index in [-0.39, 0.29) is 32.0 Å². The maximum atomic E-state index is 13.8. The van der Waals surface area contributed by atoms with Gasteiger partial charge in [0.25, 0.3) is 0 Å². The second-order valence-electron chi connectivity index (χ2n) is 13.5. The minimum atomic E-state index is -3.91. The van der Waals surface area contributed by atoms with Crippen LogP contribution in [-0.2, 0) is 47.0 Å². The van der Waals surface area contributed by atoms with Crippen LogP contribution in [0, 0.1) is 6.92 Å². The molecule has 0 spiro atoms. The number of ether oxygens (including phenoxy) is 5. The summed E-state index contributed by atoms with van der Waals surface area (Å²) < 4.78 is 56.6. The molecular formula is C42H49NO8S. The third-order valence-electron chi connectivity index (χ3n) is 10.2. The Morgan fingerprint density at radius 3 is 2.19 bits per heavy atom. The summed E-state index contributed by atoms with van der Waals surface area (Å²) in [6, 6.07) is 34.7. The quantitative estimate of drug-likeness (QED) is 0.0709. The van der Waals surface area contributed by atoms with Crippen LogP contribution in [0.1, 0.15) is 60.3 Å².